The lowest BCUT2D eigenvalue weighted by molar-refractivity contribution is -0.136. The highest BCUT2D eigenvalue weighted by Crippen LogP contribution is 2.18. The zero-order chi connectivity index (χ0) is 11.8. The van der Waals surface area contributed by atoms with Gasteiger partial charge in [-0.15, -0.1) is 0 Å². The van der Waals surface area contributed by atoms with E-state index in [4.69, 9.17) is 9.47 Å². The summed E-state index contributed by atoms with van der Waals surface area (Å²) >= 11 is 0. The molecule has 0 amide bonds. The molecule has 0 fully saturated rings. The maximum Gasteiger partial charge on any atom is 0.331 e. The summed E-state index contributed by atoms with van der Waals surface area (Å²) in [4.78, 5) is 11.2. The molecule has 1 aromatic carbocycles. The molecule has 1 rings (SSSR count). The first-order valence-corrected chi connectivity index (χ1v) is 4.86. The van der Waals surface area contributed by atoms with Crippen LogP contribution in [0.15, 0.2) is 43.0 Å². The summed E-state index contributed by atoms with van der Waals surface area (Å²) in [5.41, 5.74) is 0.834. The van der Waals surface area contributed by atoms with Gasteiger partial charge in [0.2, 0.25) is 0 Å². The van der Waals surface area contributed by atoms with Crippen LogP contribution in [0.25, 0.3) is 6.08 Å². The molecule has 16 heavy (non-hydrogen) atoms. The number of hydrogen-bond acceptors (Lipinski definition) is 3. The molecule has 0 spiro atoms. The lowest BCUT2D eigenvalue weighted by Gasteiger charge is -2.03. The molecule has 0 heterocycles. The molecule has 0 N–H and O–H groups in total. The lowest BCUT2D eigenvalue weighted by atomic mass is 10.2. The van der Waals surface area contributed by atoms with E-state index in [0.717, 1.165) is 11.3 Å². The van der Waals surface area contributed by atoms with Crippen LogP contribution in [0.4, 0.5) is 0 Å². The predicted octanol–water partition coefficient (Wildman–Crippen LogP) is 2.44. The predicted molar refractivity (Wildman–Crippen MR) is 63.2 cm³/mol. The third kappa shape index (κ3) is 3.61. The van der Waals surface area contributed by atoms with Crippen molar-refractivity contribution in [2.45, 2.75) is 0 Å². The Morgan fingerprint density at radius 3 is 2.88 bits per heavy atom. The van der Waals surface area contributed by atoms with Crippen molar-refractivity contribution in [3.8, 4) is 5.75 Å². The van der Waals surface area contributed by atoms with Gasteiger partial charge >= 0.3 is 5.97 Å². The lowest BCUT2D eigenvalue weighted by Crippen LogP contribution is -1.99. The molecule has 0 aromatic heterocycles. The fraction of sp³-hybridized carbons (Fsp3) is 0.154. The van der Waals surface area contributed by atoms with Crippen molar-refractivity contribution >= 4 is 12.0 Å². The van der Waals surface area contributed by atoms with Crippen molar-refractivity contribution in [3.63, 3.8) is 0 Å². The van der Waals surface area contributed by atoms with Crippen LogP contribution in [0, 0.1) is 0 Å². The van der Waals surface area contributed by atoms with Crippen LogP contribution < -0.4 is 4.74 Å². The SMILES string of the molecule is C=CCOC(=O)/C=C\c1ccccc1OC. The van der Waals surface area contributed by atoms with Crippen molar-refractivity contribution in [2.75, 3.05) is 13.7 Å². The molecule has 1 aromatic rings. The van der Waals surface area contributed by atoms with Gasteiger partial charge in [0.05, 0.1) is 7.11 Å². The quantitative estimate of drug-likeness (QED) is 0.432. The van der Waals surface area contributed by atoms with Gasteiger partial charge in [0.15, 0.2) is 0 Å². The van der Waals surface area contributed by atoms with E-state index >= 15 is 0 Å². The summed E-state index contributed by atoms with van der Waals surface area (Å²) < 4.78 is 9.94. The Balaban J connectivity index is 2.68. The Labute approximate surface area is 95.0 Å². The standard InChI is InChI=1S/C13H14O3/c1-3-10-16-13(14)9-8-11-6-4-5-7-12(11)15-2/h3-9H,1,10H2,2H3/b9-8-. The van der Waals surface area contributed by atoms with Gasteiger partial charge in [0, 0.05) is 11.6 Å². The Kier molecular flexibility index (Phi) is 4.86. The second kappa shape index (κ2) is 6.45. The number of ether oxygens (including phenoxy) is 2. The Morgan fingerprint density at radius 2 is 2.19 bits per heavy atom. The molecule has 0 aliphatic carbocycles. The maximum atomic E-state index is 11.2. The van der Waals surface area contributed by atoms with E-state index in [0.29, 0.717) is 0 Å². The van der Waals surface area contributed by atoms with Crippen LogP contribution in [-0.2, 0) is 9.53 Å². The van der Waals surface area contributed by atoms with Crippen molar-refractivity contribution in [3.05, 3.63) is 48.6 Å². The van der Waals surface area contributed by atoms with Gasteiger partial charge in [-0.25, -0.2) is 4.79 Å². The first kappa shape index (κ1) is 12.0. The van der Waals surface area contributed by atoms with Crippen molar-refractivity contribution in [2.24, 2.45) is 0 Å². The molecule has 0 saturated heterocycles. The molecule has 0 aliphatic heterocycles. The largest absolute Gasteiger partial charge is 0.496 e. The number of rotatable bonds is 5. The Bertz CT molecular complexity index is 394. The molecule has 0 atom stereocenters. The molecule has 0 radical (unpaired) electrons. The highest BCUT2D eigenvalue weighted by molar-refractivity contribution is 5.87. The van der Waals surface area contributed by atoms with Gasteiger partial charge in [-0.05, 0) is 12.1 Å². The van der Waals surface area contributed by atoms with Gasteiger partial charge in [-0.2, -0.15) is 0 Å². The van der Waals surface area contributed by atoms with E-state index in [1.54, 1.807) is 13.2 Å². The van der Waals surface area contributed by atoms with E-state index in [-0.39, 0.29) is 6.61 Å². The first-order chi connectivity index (χ1) is 7.77. The fourth-order valence-electron chi connectivity index (χ4n) is 1.15. The molecular formula is C13H14O3. The summed E-state index contributed by atoms with van der Waals surface area (Å²) in [6.07, 6.45) is 4.54. The van der Waals surface area contributed by atoms with Gasteiger partial charge < -0.3 is 9.47 Å². The smallest absolute Gasteiger partial charge is 0.331 e. The highest BCUT2D eigenvalue weighted by atomic mass is 16.5. The molecule has 3 heteroatoms. The molecule has 84 valence electrons. The monoisotopic (exact) mass is 218 g/mol. The van der Waals surface area contributed by atoms with Crippen LogP contribution in [-0.4, -0.2) is 19.7 Å². The summed E-state index contributed by atoms with van der Waals surface area (Å²) in [5.74, 6) is 0.320. The third-order valence-electron chi connectivity index (χ3n) is 1.88. The van der Waals surface area contributed by atoms with E-state index < -0.39 is 5.97 Å². The summed E-state index contributed by atoms with van der Waals surface area (Å²) in [6.45, 7) is 3.67. The average Bonchev–Trinajstić information content (AvgIpc) is 2.34. The van der Waals surface area contributed by atoms with Crippen LogP contribution in [0.5, 0.6) is 5.75 Å². The van der Waals surface area contributed by atoms with Crippen molar-refractivity contribution in [1.29, 1.82) is 0 Å². The minimum Gasteiger partial charge on any atom is -0.496 e. The van der Waals surface area contributed by atoms with Gasteiger partial charge in [-0.1, -0.05) is 30.9 Å². The van der Waals surface area contributed by atoms with Gasteiger partial charge in [0.25, 0.3) is 0 Å². The van der Waals surface area contributed by atoms with Crippen LogP contribution in [0.3, 0.4) is 0 Å². The van der Waals surface area contributed by atoms with Crippen molar-refractivity contribution < 1.29 is 14.3 Å². The van der Waals surface area contributed by atoms with Gasteiger partial charge in [-0.3, -0.25) is 0 Å². The van der Waals surface area contributed by atoms with E-state index in [1.165, 1.54) is 12.2 Å². The molecule has 0 aliphatic rings. The zero-order valence-electron chi connectivity index (χ0n) is 9.18. The first-order valence-electron chi connectivity index (χ1n) is 4.86. The second-order valence-electron chi connectivity index (χ2n) is 2.99. The molecule has 3 nitrogen and oxygen atoms in total. The Morgan fingerprint density at radius 1 is 1.44 bits per heavy atom. The maximum absolute atomic E-state index is 11.2. The van der Waals surface area contributed by atoms with Crippen LogP contribution in [0.1, 0.15) is 5.56 Å². The summed E-state index contributed by atoms with van der Waals surface area (Å²) in [5, 5.41) is 0. The highest BCUT2D eigenvalue weighted by Gasteiger charge is 1.99. The number of carbonyl (C=O) groups excluding carboxylic acids is 1. The molecule has 0 saturated carbocycles. The minimum absolute atomic E-state index is 0.217. The fourth-order valence-corrected chi connectivity index (χ4v) is 1.15. The number of carbonyl (C=O) groups is 1. The van der Waals surface area contributed by atoms with Crippen LogP contribution in [0.2, 0.25) is 0 Å². The number of para-hydroxylation sites is 1. The molecular weight excluding hydrogens is 204 g/mol. The summed E-state index contributed by atoms with van der Waals surface area (Å²) in [7, 11) is 1.59. The average molecular weight is 218 g/mol. The third-order valence-corrected chi connectivity index (χ3v) is 1.88. The number of esters is 1. The van der Waals surface area contributed by atoms with E-state index in [2.05, 4.69) is 6.58 Å². The number of methoxy groups -OCH3 is 1. The van der Waals surface area contributed by atoms with Crippen molar-refractivity contribution in [1.82, 2.24) is 0 Å². The Hall–Kier alpha value is -2.03. The van der Waals surface area contributed by atoms with Crippen LogP contribution >= 0.6 is 0 Å². The zero-order valence-corrected chi connectivity index (χ0v) is 9.18. The van der Waals surface area contributed by atoms with E-state index in [9.17, 15) is 4.79 Å². The number of hydrogen-bond donors (Lipinski definition) is 0. The van der Waals surface area contributed by atoms with E-state index in [1.807, 2.05) is 24.3 Å². The summed E-state index contributed by atoms with van der Waals surface area (Å²) in [6, 6.07) is 7.42. The normalized spacial score (nSPS) is 10.1. The molecule has 0 unspecified atom stereocenters. The minimum atomic E-state index is -0.397. The topological polar surface area (TPSA) is 35.5 Å². The van der Waals surface area contributed by atoms with Gasteiger partial charge in [0.1, 0.15) is 12.4 Å². The number of benzene rings is 1. The second-order valence-corrected chi connectivity index (χ2v) is 2.99. The molecule has 0 bridgehead atoms.